The molecule has 1 amide bonds. The molecule has 0 aromatic heterocycles. The number of halogens is 3. The molecule has 3 N–H and O–H groups in total. The van der Waals surface area contributed by atoms with Crippen molar-refractivity contribution in [2.45, 2.75) is 19.8 Å². The lowest BCUT2D eigenvalue weighted by Crippen LogP contribution is -2.53. The van der Waals surface area contributed by atoms with Gasteiger partial charge in [-0.05, 0) is 30.9 Å². The topological polar surface area (TPSA) is 55.1 Å². The highest BCUT2D eigenvalue weighted by Crippen LogP contribution is 2.47. The molecule has 0 saturated heterocycles. The zero-order valence-electron chi connectivity index (χ0n) is 10.7. The molecule has 1 fully saturated rings. The van der Waals surface area contributed by atoms with Crippen LogP contribution in [0.4, 0.5) is 5.69 Å². The highest BCUT2D eigenvalue weighted by molar-refractivity contribution is 7.80. The van der Waals surface area contributed by atoms with Crippen LogP contribution in [-0.4, -0.2) is 10.9 Å². The van der Waals surface area contributed by atoms with Gasteiger partial charge < -0.3 is 11.1 Å². The molecular weight excluding hydrogens is 339 g/mol. The number of nitrogens with two attached hydrogens (primary N) is 1. The summed E-state index contributed by atoms with van der Waals surface area (Å²) in [6, 6.07) is 3.03. The summed E-state index contributed by atoms with van der Waals surface area (Å²) in [4.78, 5) is 12.7. The number of hydrogen-bond donors (Lipinski definition) is 2. The number of carbonyl (C=O) groups excluding carboxylic acids is 1. The van der Waals surface area contributed by atoms with Crippen molar-refractivity contribution in [3.05, 3.63) is 27.2 Å². The molecule has 0 unspecified atom stereocenters. The van der Waals surface area contributed by atoms with Gasteiger partial charge in [-0.25, -0.2) is 0 Å². The van der Waals surface area contributed by atoms with E-state index in [1.54, 1.807) is 0 Å². The van der Waals surface area contributed by atoms with E-state index in [0.29, 0.717) is 29.5 Å². The van der Waals surface area contributed by atoms with Crippen molar-refractivity contribution in [2.75, 3.05) is 5.32 Å². The Morgan fingerprint density at radius 3 is 2.25 bits per heavy atom. The van der Waals surface area contributed by atoms with E-state index in [9.17, 15) is 4.79 Å². The van der Waals surface area contributed by atoms with Crippen LogP contribution < -0.4 is 11.1 Å². The summed E-state index contributed by atoms with van der Waals surface area (Å²) in [5.41, 5.74) is 5.26. The van der Waals surface area contributed by atoms with Crippen molar-refractivity contribution in [2.24, 2.45) is 17.1 Å². The zero-order valence-corrected chi connectivity index (χ0v) is 13.8. The molecule has 0 aliphatic heterocycles. The molecule has 1 aliphatic carbocycles. The first-order chi connectivity index (χ1) is 9.26. The van der Waals surface area contributed by atoms with Crippen molar-refractivity contribution in [1.29, 1.82) is 0 Å². The molecule has 0 atom stereocenters. The fourth-order valence-electron chi connectivity index (χ4n) is 2.52. The Hall–Kier alpha value is -0.550. The van der Waals surface area contributed by atoms with E-state index in [4.69, 9.17) is 52.8 Å². The largest absolute Gasteiger partial charge is 0.392 e. The van der Waals surface area contributed by atoms with Crippen LogP contribution in [0.2, 0.25) is 15.1 Å². The van der Waals surface area contributed by atoms with Crippen LogP contribution in [0.5, 0.6) is 0 Å². The number of anilines is 1. The van der Waals surface area contributed by atoms with Crippen LogP contribution in [0.15, 0.2) is 12.1 Å². The maximum atomic E-state index is 12.5. The standard InChI is InChI=1S/C13H13Cl3N2OS/c1-6-4-13(5-6,11(17)20)12(19)18-10-8(15)2-7(14)3-9(10)16/h2-3,6H,4-5H2,1H3,(H2,17,20)(H,18,19). The van der Waals surface area contributed by atoms with Gasteiger partial charge in [0, 0.05) is 5.02 Å². The first-order valence-electron chi connectivity index (χ1n) is 6.02. The molecular formula is C13H13Cl3N2OS. The van der Waals surface area contributed by atoms with E-state index >= 15 is 0 Å². The maximum Gasteiger partial charge on any atom is 0.237 e. The number of carbonyl (C=O) groups is 1. The Morgan fingerprint density at radius 1 is 1.35 bits per heavy atom. The van der Waals surface area contributed by atoms with Gasteiger partial charge in [-0.1, -0.05) is 53.9 Å². The Labute approximate surface area is 137 Å². The lowest BCUT2D eigenvalue weighted by molar-refractivity contribution is -0.127. The first-order valence-corrected chi connectivity index (χ1v) is 7.56. The molecule has 1 saturated carbocycles. The second-order valence-electron chi connectivity index (χ2n) is 5.16. The quantitative estimate of drug-likeness (QED) is 0.799. The van der Waals surface area contributed by atoms with Gasteiger partial charge in [0.25, 0.3) is 0 Å². The molecule has 1 aromatic rings. The Balaban J connectivity index is 2.26. The molecule has 0 bridgehead atoms. The summed E-state index contributed by atoms with van der Waals surface area (Å²) in [6.45, 7) is 2.05. The van der Waals surface area contributed by atoms with Gasteiger partial charge in [-0.3, -0.25) is 4.79 Å². The number of nitrogens with one attached hydrogen (secondary N) is 1. The van der Waals surface area contributed by atoms with Crippen LogP contribution in [-0.2, 0) is 4.79 Å². The highest BCUT2D eigenvalue weighted by atomic mass is 35.5. The molecule has 0 heterocycles. The lowest BCUT2D eigenvalue weighted by Gasteiger charge is -2.44. The highest BCUT2D eigenvalue weighted by Gasteiger charge is 2.51. The summed E-state index contributed by atoms with van der Waals surface area (Å²) < 4.78 is 0. The van der Waals surface area contributed by atoms with Gasteiger partial charge in [0.05, 0.1) is 26.1 Å². The number of rotatable bonds is 3. The van der Waals surface area contributed by atoms with Crippen LogP contribution in [0.3, 0.4) is 0 Å². The van der Waals surface area contributed by atoms with E-state index in [1.807, 2.05) is 6.92 Å². The second kappa shape index (κ2) is 5.68. The molecule has 20 heavy (non-hydrogen) atoms. The summed E-state index contributed by atoms with van der Waals surface area (Å²) >= 11 is 23.0. The number of benzene rings is 1. The molecule has 1 aliphatic rings. The molecule has 0 radical (unpaired) electrons. The first kappa shape index (κ1) is 15.8. The Morgan fingerprint density at radius 2 is 1.85 bits per heavy atom. The second-order valence-corrected chi connectivity index (χ2v) is 6.85. The number of hydrogen-bond acceptors (Lipinski definition) is 2. The third-order valence-electron chi connectivity index (χ3n) is 3.55. The maximum absolute atomic E-state index is 12.5. The molecule has 2 rings (SSSR count). The summed E-state index contributed by atoms with van der Waals surface area (Å²) in [5.74, 6) is 0.146. The van der Waals surface area contributed by atoms with E-state index in [0.717, 1.165) is 0 Å². The van der Waals surface area contributed by atoms with Crippen LogP contribution in [0.25, 0.3) is 0 Å². The number of thiocarbonyl (C=S) groups is 1. The number of amides is 1. The molecule has 0 spiro atoms. The summed E-state index contributed by atoms with van der Waals surface area (Å²) in [6.07, 6.45) is 1.27. The third kappa shape index (κ3) is 2.75. The van der Waals surface area contributed by atoms with E-state index in [2.05, 4.69) is 5.32 Å². The zero-order chi connectivity index (χ0) is 15.1. The fourth-order valence-corrected chi connectivity index (χ4v) is 3.69. The summed E-state index contributed by atoms with van der Waals surface area (Å²) in [7, 11) is 0. The normalized spacial score (nSPS) is 24.9. The van der Waals surface area contributed by atoms with Gasteiger partial charge in [-0.15, -0.1) is 0 Å². The van der Waals surface area contributed by atoms with Gasteiger partial charge in [0.15, 0.2) is 0 Å². The lowest BCUT2D eigenvalue weighted by atomic mass is 9.62. The van der Waals surface area contributed by atoms with Gasteiger partial charge in [-0.2, -0.15) is 0 Å². The van der Waals surface area contributed by atoms with E-state index < -0.39 is 5.41 Å². The van der Waals surface area contributed by atoms with Gasteiger partial charge in [0.2, 0.25) is 5.91 Å². The monoisotopic (exact) mass is 350 g/mol. The molecule has 1 aromatic carbocycles. The molecule has 108 valence electrons. The predicted octanol–water partition coefficient (Wildman–Crippen LogP) is 4.29. The summed E-state index contributed by atoms with van der Waals surface area (Å²) in [5, 5.41) is 3.68. The van der Waals surface area contributed by atoms with E-state index in [1.165, 1.54) is 12.1 Å². The van der Waals surface area contributed by atoms with Gasteiger partial charge in [0.1, 0.15) is 0 Å². The minimum absolute atomic E-state index is 0.203. The van der Waals surface area contributed by atoms with Crippen molar-refractivity contribution in [3.8, 4) is 0 Å². The van der Waals surface area contributed by atoms with Crippen LogP contribution in [0, 0.1) is 11.3 Å². The predicted molar refractivity (Wildman–Crippen MR) is 87.7 cm³/mol. The Bertz CT molecular complexity index is 562. The average molecular weight is 352 g/mol. The van der Waals surface area contributed by atoms with Crippen molar-refractivity contribution >= 4 is 63.6 Å². The molecule has 7 heteroatoms. The van der Waals surface area contributed by atoms with Crippen molar-refractivity contribution < 1.29 is 4.79 Å². The minimum Gasteiger partial charge on any atom is -0.392 e. The van der Waals surface area contributed by atoms with Crippen molar-refractivity contribution in [3.63, 3.8) is 0 Å². The third-order valence-corrected chi connectivity index (χ3v) is 4.75. The fraction of sp³-hybridized carbons (Fsp3) is 0.385. The molecule has 3 nitrogen and oxygen atoms in total. The van der Waals surface area contributed by atoms with E-state index in [-0.39, 0.29) is 20.9 Å². The average Bonchev–Trinajstić information content (AvgIpc) is 2.28. The minimum atomic E-state index is -0.805. The van der Waals surface area contributed by atoms with Crippen molar-refractivity contribution in [1.82, 2.24) is 0 Å². The van der Waals surface area contributed by atoms with Gasteiger partial charge >= 0.3 is 0 Å². The van der Waals surface area contributed by atoms with Crippen LogP contribution >= 0.6 is 47.0 Å². The van der Waals surface area contributed by atoms with Crippen LogP contribution in [0.1, 0.15) is 19.8 Å². The SMILES string of the molecule is CC1CC(C(=O)Nc2c(Cl)cc(Cl)cc2Cl)(C(N)=S)C1. The Kier molecular flexibility index (Phi) is 4.50. The smallest absolute Gasteiger partial charge is 0.237 e.